The molecule has 3 aromatic rings. The highest BCUT2D eigenvalue weighted by Crippen LogP contribution is 2.32. The summed E-state index contributed by atoms with van der Waals surface area (Å²) in [6, 6.07) is 24.1. The monoisotopic (exact) mass is 511 g/mol. The van der Waals surface area contributed by atoms with Gasteiger partial charge >= 0.3 is 0 Å². The normalized spacial score (nSPS) is 18.1. The summed E-state index contributed by atoms with van der Waals surface area (Å²) in [5, 5.41) is 3.06. The SMILES string of the molecule is O=C(CN1CCCC1=O)NCC1CN(C(=O)c2cccnc2)CCN1C(c1ccccc1)c1ccccc1. The average Bonchev–Trinajstić information content (AvgIpc) is 3.37. The Bertz CT molecular complexity index is 1200. The Balaban J connectivity index is 1.39. The summed E-state index contributed by atoms with van der Waals surface area (Å²) in [5.74, 6) is -0.208. The minimum atomic E-state index is -0.174. The zero-order valence-corrected chi connectivity index (χ0v) is 21.4. The molecule has 3 amide bonds. The molecule has 0 aliphatic carbocycles. The van der Waals surface area contributed by atoms with E-state index >= 15 is 0 Å². The maximum absolute atomic E-state index is 13.3. The van der Waals surface area contributed by atoms with Crippen LogP contribution in [0.4, 0.5) is 0 Å². The summed E-state index contributed by atoms with van der Waals surface area (Å²) in [4.78, 5) is 48.1. The van der Waals surface area contributed by atoms with E-state index in [2.05, 4.69) is 39.5 Å². The van der Waals surface area contributed by atoms with Crippen LogP contribution in [-0.2, 0) is 9.59 Å². The largest absolute Gasteiger partial charge is 0.353 e. The molecule has 0 saturated carbocycles. The van der Waals surface area contributed by atoms with Crippen LogP contribution in [0.5, 0.6) is 0 Å². The fourth-order valence-electron chi connectivity index (χ4n) is 5.43. The molecule has 3 heterocycles. The van der Waals surface area contributed by atoms with Gasteiger partial charge in [0.2, 0.25) is 11.8 Å². The van der Waals surface area contributed by atoms with Crippen molar-refractivity contribution < 1.29 is 14.4 Å². The lowest BCUT2D eigenvalue weighted by atomic mass is 9.94. The number of carbonyl (C=O) groups excluding carboxylic acids is 3. The number of aromatic nitrogens is 1. The van der Waals surface area contributed by atoms with E-state index in [9.17, 15) is 14.4 Å². The summed E-state index contributed by atoms with van der Waals surface area (Å²) in [7, 11) is 0. The second-order valence-corrected chi connectivity index (χ2v) is 9.83. The zero-order valence-electron chi connectivity index (χ0n) is 21.4. The molecule has 0 bridgehead atoms. The molecule has 196 valence electrons. The number of carbonyl (C=O) groups is 3. The summed E-state index contributed by atoms with van der Waals surface area (Å²) in [5.41, 5.74) is 2.87. The predicted molar refractivity (Wildman–Crippen MR) is 144 cm³/mol. The highest BCUT2D eigenvalue weighted by molar-refractivity contribution is 5.94. The molecule has 2 aliphatic heterocycles. The topological polar surface area (TPSA) is 85.8 Å². The smallest absolute Gasteiger partial charge is 0.255 e. The molecule has 5 rings (SSSR count). The Hall–Kier alpha value is -4.04. The molecular formula is C30H33N5O3. The molecule has 1 unspecified atom stereocenters. The van der Waals surface area contributed by atoms with Crippen molar-refractivity contribution in [3.63, 3.8) is 0 Å². The number of hydrogen-bond acceptors (Lipinski definition) is 5. The molecule has 0 spiro atoms. The van der Waals surface area contributed by atoms with Crippen molar-refractivity contribution in [3.8, 4) is 0 Å². The van der Waals surface area contributed by atoms with E-state index in [4.69, 9.17) is 0 Å². The Kier molecular flexibility index (Phi) is 8.09. The van der Waals surface area contributed by atoms with Crippen molar-refractivity contribution in [2.24, 2.45) is 0 Å². The fourth-order valence-corrected chi connectivity index (χ4v) is 5.43. The zero-order chi connectivity index (χ0) is 26.3. The molecule has 1 aromatic heterocycles. The van der Waals surface area contributed by atoms with Gasteiger partial charge in [0.15, 0.2) is 0 Å². The van der Waals surface area contributed by atoms with E-state index in [0.717, 1.165) is 17.5 Å². The van der Waals surface area contributed by atoms with Crippen molar-refractivity contribution in [2.45, 2.75) is 24.9 Å². The van der Waals surface area contributed by atoms with Gasteiger partial charge in [0.25, 0.3) is 5.91 Å². The molecule has 1 atom stereocenters. The predicted octanol–water partition coefficient (Wildman–Crippen LogP) is 2.74. The number of benzene rings is 2. The Morgan fingerprint density at radius 3 is 2.24 bits per heavy atom. The number of rotatable bonds is 8. The first-order valence-electron chi connectivity index (χ1n) is 13.2. The lowest BCUT2D eigenvalue weighted by Gasteiger charge is -2.45. The number of amides is 3. The van der Waals surface area contributed by atoms with Crippen molar-refractivity contribution in [2.75, 3.05) is 39.3 Å². The first-order chi connectivity index (χ1) is 18.6. The van der Waals surface area contributed by atoms with Crippen molar-refractivity contribution in [1.82, 2.24) is 25.0 Å². The summed E-state index contributed by atoms with van der Waals surface area (Å²) >= 11 is 0. The maximum Gasteiger partial charge on any atom is 0.255 e. The van der Waals surface area contributed by atoms with Crippen LogP contribution in [-0.4, -0.2) is 82.7 Å². The molecule has 0 radical (unpaired) electrons. The van der Waals surface area contributed by atoms with Gasteiger partial charge in [-0.1, -0.05) is 60.7 Å². The molecule has 2 aromatic carbocycles. The van der Waals surface area contributed by atoms with E-state index in [1.165, 1.54) is 0 Å². The highest BCUT2D eigenvalue weighted by atomic mass is 16.2. The lowest BCUT2D eigenvalue weighted by Crippen LogP contribution is -2.59. The van der Waals surface area contributed by atoms with Crippen molar-refractivity contribution >= 4 is 17.7 Å². The van der Waals surface area contributed by atoms with Crippen LogP contribution in [0.15, 0.2) is 85.2 Å². The van der Waals surface area contributed by atoms with Gasteiger partial charge in [-0.15, -0.1) is 0 Å². The van der Waals surface area contributed by atoms with Gasteiger partial charge in [-0.25, -0.2) is 0 Å². The van der Waals surface area contributed by atoms with E-state index in [-0.39, 0.29) is 36.3 Å². The van der Waals surface area contributed by atoms with Crippen LogP contribution in [0, 0.1) is 0 Å². The first-order valence-corrected chi connectivity index (χ1v) is 13.2. The lowest BCUT2D eigenvalue weighted by molar-refractivity contribution is -0.133. The van der Waals surface area contributed by atoms with Crippen LogP contribution in [0.3, 0.4) is 0 Å². The van der Waals surface area contributed by atoms with Crippen molar-refractivity contribution in [3.05, 3.63) is 102 Å². The fraction of sp³-hybridized carbons (Fsp3) is 0.333. The van der Waals surface area contributed by atoms with E-state index < -0.39 is 0 Å². The Labute approximate surface area is 223 Å². The number of hydrogen-bond donors (Lipinski definition) is 1. The highest BCUT2D eigenvalue weighted by Gasteiger charge is 2.36. The molecule has 8 nitrogen and oxygen atoms in total. The first kappa shape index (κ1) is 25.6. The van der Waals surface area contributed by atoms with Gasteiger partial charge < -0.3 is 15.1 Å². The van der Waals surface area contributed by atoms with E-state index in [1.54, 1.807) is 29.4 Å². The molecule has 1 N–H and O–H groups in total. The summed E-state index contributed by atoms with van der Waals surface area (Å²) in [6.45, 7) is 2.74. The second kappa shape index (κ2) is 12.0. The van der Waals surface area contributed by atoms with Gasteiger partial charge in [0.1, 0.15) is 0 Å². The third-order valence-electron chi connectivity index (χ3n) is 7.33. The second-order valence-electron chi connectivity index (χ2n) is 9.83. The average molecular weight is 512 g/mol. The van der Waals surface area contributed by atoms with Gasteiger partial charge in [0.05, 0.1) is 18.2 Å². The summed E-state index contributed by atoms with van der Waals surface area (Å²) < 4.78 is 0. The molecule has 2 fully saturated rings. The number of pyridine rings is 1. The summed E-state index contributed by atoms with van der Waals surface area (Å²) in [6.07, 6.45) is 4.55. The van der Waals surface area contributed by atoms with Gasteiger partial charge in [0, 0.05) is 57.6 Å². The Morgan fingerprint density at radius 2 is 1.63 bits per heavy atom. The number of nitrogens with one attached hydrogen (secondary N) is 1. The number of likely N-dealkylation sites (tertiary alicyclic amines) is 1. The molecular weight excluding hydrogens is 478 g/mol. The van der Waals surface area contributed by atoms with Crippen LogP contribution in [0.2, 0.25) is 0 Å². The van der Waals surface area contributed by atoms with Crippen LogP contribution in [0.25, 0.3) is 0 Å². The molecule has 2 aliphatic rings. The minimum absolute atomic E-state index is 0.0286. The van der Waals surface area contributed by atoms with E-state index in [1.807, 2.05) is 41.3 Å². The molecule has 2 saturated heterocycles. The number of nitrogens with zero attached hydrogens (tertiary/aromatic N) is 4. The quantitative estimate of drug-likeness (QED) is 0.503. The van der Waals surface area contributed by atoms with Crippen molar-refractivity contribution in [1.29, 1.82) is 0 Å². The van der Waals surface area contributed by atoms with Crippen LogP contribution in [0.1, 0.15) is 40.4 Å². The molecule has 8 heteroatoms. The van der Waals surface area contributed by atoms with Crippen LogP contribution >= 0.6 is 0 Å². The van der Waals surface area contributed by atoms with Gasteiger partial charge in [-0.3, -0.25) is 24.3 Å². The van der Waals surface area contributed by atoms with Gasteiger partial charge in [-0.2, -0.15) is 0 Å². The van der Waals surface area contributed by atoms with Crippen LogP contribution < -0.4 is 5.32 Å². The molecule has 38 heavy (non-hydrogen) atoms. The minimum Gasteiger partial charge on any atom is -0.353 e. The van der Waals surface area contributed by atoms with Gasteiger partial charge in [-0.05, 0) is 29.7 Å². The Morgan fingerprint density at radius 1 is 0.921 bits per heavy atom. The van der Waals surface area contributed by atoms with E-state index in [0.29, 0.717) is 44.7 Å². The third-order valence-corrected chi connectivity index (χ3v) is 7.33. The third kappa shape index (κ3) is 5.92. The number of piperazine rings is 1. The standard InChI is InChI=1S/C30H33N5O3/c36-27(22-33-16-8-14-28(33)37)32-20-26-21-34(30(38)25-13-7-15-31-19-25)17-18-35(26)29(23-9-3-1-4-10-23)24-11-5-2-6-12-24/h1-7,9-13,15,19,26,29H,8,14,16-18,20-22H2,(H,32,36). The maximum atomic E-state index is 13.3.